The molecule has 1 aromatic heterocycles. The van der Waals surface area contributed by atoms with Gasteiger partial charge < -0.3 is 0 Å². The van der Waals surface area contributed by atoms with Gasteiger partial charge in [0, 0.05) is 5.56 Å². The fraction of sp³-hybridized carbons (Fsp3) is 0.231. The van der Waals surface area contributed by atoms with Crippen LogP contribution in [0.5, 0.6) is 0 Å². The lowest BCUT2D eigenvalue weighted by atomic mass is 10.1. The van der Waals surface area contributed by atoms with Crippen molar-refractivity contribution in [1.82, 2.24) is 9.97 Å². The zero-order valence-corrected chi connectivity index (χ0v) is 12.9. The summed E-state index contributed by atoms with van der Waals surface area (Å²) in [6.07, 6.45) is 0.766. The number of benzene rings is 1. The molecule has 5 heteroatoms. The molecule has 0 aliphatic carbocycles. The van der Waals surface area contributed by atoms with Crippen LogP contribution in [0.1, 0.15) is 18.2 Å². The molecule has 94 valence electrons. The molecule has 2 aromatic rings. The van der Waals surface area contributed by atoms with Crippen LogP contribution < -0.4 is 0 Å². The number of halogens is 3. The summed E-state index contributed by atoms with van der Waals surface area (Å²) >= 11 is 8.21. The maximum absolute atomic E-state index is 13.3. The molecule has 0 unspecified atom stereocenters. The van der Waals surface area contributed by atoms with Gasteiger partial charge in [-0.1, -0.05) is 24.6 Å². The number of hydrogen-bond acceptors (Lipinski definition) is 2. The van der Waals surface area contributed by atoms with Gasteiger partial charge in [-0.25, -0.2) is 14.4 Å². The van der Waals surface area contributed by atoms with E-state index in [4.69, 9.17) is 11.6 Å². The molecule has 0 N–H and O–H groups in total. The predicted molar refractivity (Wildman–Crippen MR) is 79.3 cm³/mol. The minimum atomic E-state index is -0.299. The van der Waals surface area contributed by atoms with Gasteiger partial charge in [-0.2, -0.15) is 0 Å². The van der Waals surface area contributed by atoms with Crippen LogP contribution in [0.3, 0.4) is 0 Å². The van der Waals surface area contributed by atoms with Crippen LogP contribution in [0, 0.1) is 16.3 Å². The zero-order valence-electron chi connectivity index (χ0n) is 9.97. The van der Waals surface area contributed by atoms with Gasteiger partial charge >= 0.3 is 0 Å². The van der Waals surface area contributed by atoms with Crippen molar-refractivity contribution in [2.75, 3.05) is 0 Å². The van der Waals surface area contributed by atoms with Crippen molar-refractivity contribution >= 4 is 34.2 Å². The van der Waals surface area contributed by atoms with Gasteiger partial charge in [-0.15, -0.1) is 0 Å². The van der Waals surface area contributed by atoms with Crippen molar-refractivity contribution in [2.24, 2.45) is 0 Å². The van der Waals surface area contributed by atoms with Crippen molar-refractivity contribution in [3.63, 3.8) is 0 Å². The lowest BCUT2D eigenvalue weighted by molar-refractivity contribution is 0.627. The van der Waals surface area contributed by atoms with E-state index in [1.54, 1.807) is 6.07 Å². The SMILES string of the molecule is CCc1nc(-c2cc(F)ccc2C)nc(Cl)c1I. The monoisotopic (exact) mass is 376 g/mol. The van der Waals surface area contributed by atoms with E-state index >= 15 is 0 Å². The standard InChI is InChI=1S/C13H11ClFIN2/c1-3-10-11(16)12(14)18-13(17-10)9-6-8(15)5-4-7(9)2/h4-6H,3H2,1-2H3. The largest absolute Gasteiger partial charge is 0.232 e. The lowest BCUT2D eigenvalue weighted by Crippen LogP contribution is -2.00. The topological polar surface area (TPSA) is 25.8 Å². The lowest BCUT2D eigenvalue weighted by Gasteiger charge is -2.09. The van der Waals surface area contributed by atoms with Crippen LogP contribution in [0.15, 0.2) is 18.2 Å². The fourth-order valence-electron chi connectivity index (χ4n) is 1.65. The number of hydrogen-bond donors (Lipinski definition) is 0. The Balaban J connectivity index is 2.64. The third kappa shape index (κ3) is 2.64. The van der Waals surface area contributed by atoms with Gasteiger partial charge in [0.25, 0.3) is 0 Å². The molecule has 0 atom stereocenters. The summed E-state index contributed by atoms with van der Waals surface area (Å²) in [5, 5.41) is 0.418. The van der Waals surface area contributed by atoms with E-state index < -0.39 is 0 Å². The molecule has 0 bridgehead atoms. The summed E-state index contributed by atoms with van der Waals surface area (Å²) in [7, 11) is 0. The van der Waals surface area contributed by atoms with Crippen LogP contribution >= 0.6 is 34.2 Å². The summed E-state index contributed by atoms with van der Waals surface area (Å²) in [6.45, 7) is 3.90. The molecule has 1 aromatic carbocycles. The van der Waals surface area contributed by atoms with Gasteiger partial charge in [-0.3, -0.25) is 0 Å². The molecule has 18 heavy (non-hydrogen) atoms. The van der Waals surface area contributed by atoms with Crippen LogP contribution in [0.4, 0.5) is 4.39 Å². The zero-order chi connectivity index (χ0) is 13.3. The van der Waals surface area contributed by atoms with E-state index in [-0.39, 0.29) is 5.82 Å². The Labute approximate surface area is 124 Å². The van der Waals surface area contributed by atoms with E-state index in [1.807, 2.05) is 13.8 Å². The van der Waals surface area contributed by atoms with Gasteiger partial charge in [0.15, 0.2) is 5.82 Å². The third-order valence-corrected chi connectivity index (χ3v) is 4.38. The molecule has 2 nitrogen and oxygen atoms in total. The predicted octanol–water partition coefficient (Wildman–Crippen LogP) is 4.41. The fourth-order valence-corrected chi connectivity index (χ4v) is 2.46. The molecular formula is C13H11ClFIN2. The van der Waals surface area contributed by atoms with Crippen LogP contribution in [0.25, 0.3) is 11.4 Å². The number of aryl methyl sites for hydroxylation is 2. The first-order valence-electron chi connectivity index (χ1n) is 5.51. The van der Waals surface area contributed by atoms with E-state index in [0.717, 1.165) is 21.2 Å². The van der Waals surface area contributed by atoms with E-state index in [0.29, 0.717) is 16.5 Å². The van der Waals surface area contributed by atoms with Crippen molar-refractivity contribution in [1.29, 1.82) is 0 Å². The van der Waals surface area contributed by atoms with Crippen molar-refractivity contribution < 1.29 is 4.39 Å². The Bertz CT molecular complexity index is 602. The molecule has 0 amide bonds. The molecule has 0 radical (unpaired) electrons. The summed E-state index contributed by atoms with van der Waals surface area (Å²) in [5.74, 6) is 0.182. The van der Waals surface area contributed by atoms with Gasteiger partial charge in [0.05, 0.1) is 9.26 Å². The minimum absolute atomic E-state index is 0.299. The molecule has 1 heterocycles. The minimum Gasteiger partial charge on any atom is -0.232 e. The van der Waals surface area contributed by atoms with Gasteiger partial charge in [-0.05, 0) is 53.6 Å². The van der Waals surface area contributed by atoms with E-state index in [2.05, 4.69) is 32.6 Å². The molecule has 0 saturated carbocycles. The Morgan fingerprint density at radius 2 is 2.06 bits per heavy atom. The normalized spacial score (nSPS) is 10.7. The average Bonchev–Trinajstić information content (AvgIpc) is 2.35. The summed E-state index contributed by atoms with van der Waals surface area (Å²) in [6, 6.07) is 4.58. The number of nitrogens with zero attached hydrogens (tertiary/aromatic N) is 2. The highest BCUT2D eigenvalue weighted by molar-refractivity contribution is 14.1. The average molecular weight is 377 g/mol. The highest BCUT2D eigenvalue weighted by atomic mass is 127. The summed E-state index contributed by atoms with van der Waals surface area (Å²) < 4.78 is 14.2. The van der Waals surface area contributed by atoms with E-state index in [1.165, 1.54) is 12.1 Å². The van der Waals surface area contributed by atoms with Gasteiger partial charge in [0.2, 0.25) is 0 Å². The van der Waals surface area contributed by atoms with Crippen LogP contribution in [0.2, 0.25) is 5.15 Å². The Hall–Kier alpha value is -0.750. The third-order valence-electron chi connectivity index (χ3n) is 2.65. The summed E-state index contributed by atoms with van der Waals surface area (Å²) in [4.78, 5) is 8.69. The number of rotatable bonds is 2. The first-order chi connectivity index (χ1) is 8.52. The molecule has 2 rings (SSSR count). The maximum Gasteiger partial charge on any atom is 0.161 e. The number of aromatic nitrogens is 2. The van der Waals surface area contributed by atoms with E-state index in [9.17, 15) is 4.39 Å². The quantitative estimate of drug-likeness (QED) is 0.573. The first-order valence-corrected chi connectivity index (χ1v) is 6.97. The molecular weight excluding hydrogens is 366 g/mol. The molecule has 0 fully saturated rings. The molecule has 0 spiro atoms. The highest BCUT2D eigenvalue weighted by Crippen LogP contribution is 2.26. The van der Waals surface area contributed by atoms with Crippen molar-refractivity contribution in [3.8, 4) is 11.4 Å². The van der Waals surface area contributed by atoms with Gasteiger partial charge in [0.1, 0.15) is 11.0 Å². The maximum atomic E-state index is 13.3. The first kappa shape index (κ1) is 13.7. The van der Waals surface area contributed by atoms with Crippen LogP contribution in [-0.4, -0.2) is 9.97 Å². The Morgan fingerprint density at radius 3 is 2.72 bits per heavy atom. The highest BCUT2D eigenvalue weighted by Gasteiger charge is 2.13. The smallest absolute Gasteiger partial charge is 0.161 e. The second kappa shape index (κ2) is 5.48. The van der Waals surface area contributed by atoms with Crippen molar-refractivity contribution in [2.45, 2.75) is 20.3 Å². The molecule has 0 aliphatic rings. The Kier molecular flexibility index (Phi) is 4.17. The second-order valence-electron chi connectivity index (χ2n) is 3.91. The van der Waals surface area contributed by atoms with Crippen molar-refractivity contribution in [3.05, 3.63) is 44.0 Å². The second-order valence-corrected chi connectivity index (χ2v) is 5.35. The molecule has 0 aliphatic heterocycles. The van der Waals surface area contributed by atoms with Crippen LogP contribution in [-0.2, 0) is 6.42 Å². The molecule has 0 saturated heterocycles. The summed E-state index contributed by atoms with van der Waals surface area (Å²) in [5.41, 5.74) is 2.49. The Morgan fingerprint density at radius 1 is 1.33 bits per heavy atom.